The summed E-state index contributed by atoms with van der Waals surface area (Å²) in [5.41, 5.74) is 3.76. The molecule has 0 N–H and O–H groups in total. The summed E-state index contributed by atoms with van der Waals surface area (Å²) in [4.78, 5) is 25.1. The molecule has 0 aromatic heterocycles. The van der Waals surface area contributed by atoms with E-state index in [1.807, 2.05) is 0 Å². The zero-order valence-electron chi connectivity index (χ0n) is 11.8. The maximum atomic E-state index is 11.9. The molecule has 0 bridgehead atoms. The summed E-state index contributed by atoms with van der Waals surface area (Å²) in [7, 11) is 0. The summed E-state index contributed by atoms with van der Waals surface area (Å²) >= 11 is 0. The predicted octanol–water partition coefficient (Wildman–Crippen LogP) is 2.94. The molecule has 2 amide bonds. The van der Waals surface area contributed by atoms with Gasteiger partial charge in [-0.3, -0.25) is 14.5 Å². The van der Waals surface area contributed by atoms with Crippen molar-refractivity contribution in [3.63, 3.8) is 0 Å². The molecule has 0 radical (unpaired) electrons. The normalized spacial score (nSPS) is 20.9. The smallest absolute Gasteiger partial charge is 0.254 e. The first kappa shape index (κ1) is 13.1. The number of hydrogen-bond acceptors (Lipinski definition) is 2. The summed E-state index contributed by atoms with van der Waals surface area (Å²) < 4.78 is 0. The lowest BCUT2D eigenvalue weighted by molar-refractivity contribution is -0.139. The Balaban J connectivity index is 1.88. The van der Waals surface area contributed by atoms with E-state index in [-0.39, 0.29) is 17.9 Å². The van der Waals surface area contributed by atoms with Gasteiger partial charge in [0.25, 0.3) is 11.8 Å². The first-order valence-corrected chi connectivity index (χ1v) is 7.37. The Kier molecular flexibility index (Phi) is 3.43. The van der Waals surface area contributed by atoms with Crippen LogP contribution in [0.15, 0.2) is 30.4 Å². The molecule has 0 saturated carbocycles. The van der Waals surface area contributed by atoms with E-state index in [0.717, 1.165) is 19.3 Å². The second-order valence-corrected chi connectivity index (χ2v) is 5.57. The fourth-order valence-corrected chi connectivity index (χ4v) is 3.15. The van der Waals surface area contributed by atoms with Gasteiger partial charge < -0.3 is 0 Å². The SMILES string of the molecule is CCCCc1ccc2c(c1)[C@@H](N1C(=O)C=CC1=O)CC2. The number of unbranched alkanes of at least 4 members (excludes halogenated alkanes) is 1. The number of fused-ring (bicyclic) bond motifs is 1. The van der Waals surface area contributed by atoms with E-state index in [9.17, 15) is 9.59 Å². The predicted molar refractivity (Wildman–Crippen MR) is 77.1 cm³/mol. The fourth-order valence-electron chi connectivity index (χ4n) is 3.15. The van der Waals surface area contributed by atoms with Crippen LogP contribution in [0.4, 0.5) is 0 Å². The van der Waals surface area contributed by atoms with Gasteiger partial charge in [-0.15, -0.1) is 0 Å². The van der Waals surface area contributed by atoms with Gasteiger partial charge in [0.2, 0.25) is 0 Å². The maximum absolute atomic E-state index is 11.9. The highest BCUT2D eigenvalue weighted by Crippen LogP contribution is 2.37. The molecular formula is C17H19NO2. The zero-order chi connectivity index (χ0) is 14.1. The minimum absolute atomic E-state index is 0.0680. The van der Waals surface area contributed by atoms with Crippen LogP contribution in [-0.4, -0.2) is 16.7 Å². The lowest BCUT2D eigenvalue weighted by atomic mass is 10.0. The van der Waals surface area contributed by atoms with E-state index in [4.69, 9.17) is 0 Å². The van der Waals surface area contributed by atoms with Crippen molar-refractivity contribution < 1.29 is 9.59 Å². The second kappa shape index (κ2) is 5.23. The van der Waals surface area contributed by atoms with Gasteiger partial charge in [-0.25, -0.2) is 0 Å². The van der Waals surface area contributed by atoms with Crippen molar-refractivity contribution in [1.29, 1.82) is 0 Å². The zero-order valence-corrected chi connectivity index (χ0v) is 11.8. The van der Waals surface area contributed by atoms with E-state index < -0.39 is 0 Å². The highest BCUT2D eigenvalue weighted by Gasteiger charge is 2.36. The van der Waals surface area contributed by atoms with Gasteiger partial charge in [0, 0.05) is 12.2 Å². The van der Waals surface area contributed by atoms with Gasteiger partial charge in [0.1, 0.15) is 0 Å². The van der Waals surface area contributed by atoms with Crippen LogP contribution in [0.3, 0.4) is 0 Å². The van der Waals surface area contributed by atoms with Crippen molar-refractivity contribution in [2.45, 2.75) is 45.1 Å². The number of imide groups is 1. The first-order valence-electron chi connectivity index (χ1n) is 7.37. The third-order valence-electron chi connectivity index (χ3n) is 4.23. The number of nitrogens with zero attached hydrogens (tertiary/aromatic N) is 1. The summed E-state index contributed by atoms with van der Waals surface area (Å²) in [6.45, 7) is 2.18. The van der Waals surface area contributed by atoms with Crippen LogP contribution in [0.2, 0.25) is 0 Å². The van der Waals surface area contributed by atoms with Crippen LogP contribution in [0.25, 0.3) is 0 Å². The fraction of sp³-hybridized carbons (Fsp3) is 0.412. The summed E-state index contributed by atoms with van der Waals surface area (Å²) in [6, 6.07) is 6.48. The lowest BCUT2D eigenvalue weighted by Crippen LogP contribution is -2.33. The molecular weight excluding hydrogens is 250 g/mol. The molecule has 0 saturated heterocycles. The van der Waals surface area contributed by atoms with Gasteiger partial charge in [-0.1, -0.05) is 31.5 Å². The molecule has 1 heterocycles. The number of amides is 2. The lowest BCUT2D eigenvalue weighted by Gasteiger charge is -2.23. The molecule has 1 aromatic carbocycles. The van der Waals surface area contributed by atoms with Gasteiger partial charge in [0.05, 0.1) is 6.04 Å². The molecule has 2 aliphatic rings. The average molecular weight is 269 g/mol. The van der Waals surface area contributed by atoms with Gasteiger partial charge in [-0.05, 0) is 42.4 Å². The number of benzene rings is 1. The minimum Gasteiger partial charge on any atom is -0.269 e. The molecule has 104 valence electrons. The van der Waals surface area contributed by atoms with Crippen LogP contribution in [0.5, 0.6) is 0 Å². The molecule has 3 heteroatoms. The first-order chi connectivity index (χ1) is 9.70. The monoisotopic (exact) mass is 269 g/mol. The number of carbonyl (C=O) groups excluding carboxylic acids is 2. The Bertz CT molecular complexity index is 571. The van der Waals surface area contributed by atoms with Crippen LogP contribution in [0.1, 0.15) is 48.9 Å². The van der Waals surface area contributed by atoms with Crippen molar-refractivity contribution in [3.05, 3.63) is 47.0 Å². The van der Waals surface area contributed by atoms with Gasteiger partial charge in [0.15, 0.2) is 0 Å². The molecule has 0 fully saturated rings. The van der Waals surface area contributed by atoms with Crippen LogP contribution in [-0.2, 0) is 22.4 Å². The van der Waals surface area contributed by atoms with E-state index >= 15 is 0 Å². The van der Waals surface area contributed by atoms with Gasteiger partial charge in [-0.2, -0.15) is 0 Å². The summed E-state index contributed by atoms with van der Waals surface area (Å²) in [5, 5.41) is 0. The number of carbonyl (C=O) groups is 2. The third kappa shape index (κ3) is 2.17. The number of hydrogen-bond donors (Lipinski definition) is 0. The molecule has 0 unspecified atom stereocenters. The second-order valence-electron chi connectivity index (χ2n) is 5.57. The molecule has 3 rings (SSSR count). The third-order valence-corrected chi connectivity index (χ3v) is 4.23. The van der Waals surface area contributed by atoms with Crippen molar-refractivity contribution >= 4 is 11.8 Å². The topological polar surface area (TPSA) is 37.4 Å². The van der Waals surface area contributed by atoms with Crippen molar-refractivity contribution in [1.82, 2.24) is 4.90 Å². The molecule has 20 heavy (non-hydrogen) atoms. The Hall–Kier alpha value is -1.90. The van der Waals surface area contributed by atoms with Crippen LogP contribution < -0.4 is 0 Å². The van der Waals surface area contributed by atoms with Crippen LogP contribution in [0, 0.1) is 0 Å². The standard InChI is InChI=1S/C17H19NO2/c1-2-3-4-12-5-6-13-7-8-15(14(13)11-12)18-16(19)9-10-17(18)20/h5-6,9-11,15H,2-4,7-8H2,1H3/t15-/m0/s1. The van der Waals surface area contributed by atoms with Crippen LogP contribution >= 0.6 is 0 Å². The van der Waals surface area contributed by atoms with Crippen molar-refractivity contribution in [2.24, 2.45) is 0 Å². The molecule has 1 aromatic rings. The minimum atomic E-state index is -0.174. The molecule has 1 aliphatic carbocycles. The van der Waals surface area contributed by atoms with E-state index in [1.54, 1.807) is 0 Å². The van der Waals surface area contributed by atoms with Crippen molar-refractivity contribution in [2.75, 3.05) is 0 Å². The van der Waals surface area contributed by atoms with Gasteiger partial charge >= 0.3 is 0 Å². The molecule has 1 aliphatic heterocycles. The largest absolute Gasteiger partial charge is 0.269 e. The highest BCUT2D eigenvalue weighted by atomic mass is 16.2. The molecule has 0 spiro atoms. The Labute approximate surface area is 119 Å². The molecule has 3 nitrogen and oxygen atoms in total. The Morgan fingerprint density at radius 1 is 1.20 bits per heavy atom. The number of aryl methyl sites for hydroxylation is 2. The average Bonchev–Trinajstić information content (AvgIpc) is 3.00. The summed E-state index contributed by atoms with van der Waals surface area (Å²) in [5.74, 6) is -0.348. The highest BCUT2D eigenvalue weighted by molar-refractivity contribution is 6.13. The summed E-state index contributed by atoms with van der Waals surface area (Å²) in [6.07, 6.45) is 7.97. The Morgan fingerprint density at radius 3 is 2.65 bits per heavy atom. The van der Waals surface area contributed by atoms with E-state index in [2.05, 4.69) is 25.1 Å². The molecule has 1 atom stereocenters. The number of rotatable bonds is 4. The van der Waals surface area contributed by atoms with E-state index in [1.165, 1.54) is 46.6 Å². The van der Waals surface area contributed by atoms with E-state index in [0.29, 0.717) is 0 Å². The maximum Gasteiger partial charge on any atom is 0.254 e. The Morgan fingerprint density at radius 2 is 1.95 bits per heavy atom. The van der Waals surface area contributed by atoms with Crippen molar-refractivity contribution in [3.8, 4) is 0 Å². The quantitative estimate of drug-likeness (QED) is 0.788.